The summed E-state index contributed by atoms with van der Waals surface area (Å²) in [4.78, 5) is 50.8. The Morgan fingerprint density at radius 3 is 2.17 bits per heavy atom. The van der Waals surface area contributed by atoms with Crippen LogP contribution in [0.15, 0.2) is 24.3 Å². The van der Waals surface area contributed by atoms with E-state index < -0.39 is 5.41 Å². The monoisotopic (exact) mass is 399 g/mol. The molecule has 0 saturated heterocycles. The minimum Gasteiger partial charge on any atom is -0.355 e. The highest BCUT2D eigenvalue weighted by Crippen LogP contribution is 2.23. The van der Waals surface area contributed by atoms with Crippen molar-refractivity contribution < 1.29 is 19.2 Å². The molecule has 29 heavy (non-hydrogen) atoms. The van der Waals surface area contributed by atoms with Crippen LogP contribution in [-0.4, -0.2) is 47.7 Å². The molecule has 1 aliphatic carbocycles. The molecule has 2 N–H and O–H groups in total. The smallest absolute Gasteiger partial charge is 0.261 e. The summed E-state index contributed by atoms with van der Waals surface area (Å²) in [5.41, 5.74) is -0.243. The van der Waals surface area contributed by atoms with E-state index in [2.05, 4.69) is 10.6 Å². The molecule has 0 atom stereocenters. The van der Waals surface area contributed by atoms with Crippen LogP contribution in [0.25, 0.3) is 0 Å². The third-order valence-electron chi connectivity index (χ3n) is 5.80. The number of hydrogen-bond acceptors (Lipinski definition) is 4. The van der Waals surface area contributed by atoms with Crippen molar-refractivity contribution in [3.05, 3.63) is 35.4 Å². The molecule has 0 radical (unpaired) electrons. The van der Waals surface area contributed by atoms with Crippen molar-refractivity contribution in [1.29, 1.82) is 0 Å². The number of imide groups is 1. The molecule has 0 unspecified atom stereocenters. The van der Waals surface area contributed by atoms with E-state index in [0.717, 1.165) is 25.7 Å². The molecular formula is C22H29N3O4. The number of hydrogen-bond donors (Lipinski definition) is 2. The molecule has 1 saturated carbocycles. The Balaban J connectivity index is 1.40. The zero-order chi connectivity index (χ0) is 21.0. The van der Waals surface area contributed by atoms with Crippen LogP contribution in [0.2, 0.25) is 0 Å². The van der Waals surface area contributed by atoms with Gasteiger partial charge in [-0.15, -0.1) is 0 Å². The molecule has 1 aliphatic heterocycles. The van der Waals surface area contributed by atoms with Crippen LogP contribution in [0.3, 0.4) is 0 Å². The third kappa shape index (κ3) is 4.49. The summed E-state index contributed by atoms with van der Waals surface area (Å²) in [6, 6.07) is 6.99. The highest BCUT2D eigenvalue weighted by molar-refractivity contribution is 6.21. The first kappa shape index (κ1) is 21.0. The normalized spacial score (nSPS) is 16.8. The van der Waals surface area contributed by atoms with Gasteiger partial charge in [-0.25, -0.2) is 0 Å². The number of carbonyl (C=O) groups excluding carboxylic acids is 4. The van der Waals surface area contributed by atoms with Crippen molar-refractivity contribution in [3.8, 4) is 0 Å². The fraction of sp³-hybridized carbons (Fsp3) is 0.545. The van der Waals surface area contributed by atoms with Crippen LogP contribution in [0.1, 0.15) is 73.1 Å². The Hall–Kier alpha value is -2.70. The van der Waals surface area contributed by atoms with E-state index in [1.54, 1.807) is 38.1 Å². The van der Waals surface area contributed by atoms with Crippen LogP contribution in [0, 0.1) is 5.41 Å². The molecule has 7 nitrogen and oxygen atoms in total. The number of nitrogens with zero attached hydrogens (tertiary/aromatic N) is 1. The van der Waals surface area contributed by atoms with Crippen LogP contribution < -0.4 is 10.6 Å². The summed E-state index contributed by atoms with van der Waals surface area (Å²) in [7, 11) is 0. The first-order valence-corrected chi connectivity index (χ1v) is 10.4. The van der Waals surface area contributed by atoms with Crippen LogP contribution in [-0.2, 0) is 9.59 Å². The molecule has 1 fully saturated rings. The fourth-order valence-corrected chi connectivity index (χ4v) is 3.80. The van der Waals surface area contributed by atoms with Crippen molar-refractivity contribution >= 4 is 23.6 Å². The quantitative estimate of drug-likeness (QED) is 0.398. The lowest BCUT2D eigenvalue weighted by atomic mass is 9.90. The number of nitrogens with one attached hydrogen (secondary N) is 2. The highest BCUT2D eigenvalue weighted by atomic mass is 16.2. The van der Waals surface area contributed by atoms with Gasteiger partial charge in [0.1, 0.15) is 5.41 Å². The van der Waals surface area contributed by atoms with E-state index >= 15 is 0 Å². The molecule has 156 valence electrons. The zero-order valence-corrected chi connectivity index (χ0v) is 17.1. The van der Waals surface area contributed by atoms with Gasteiger partial charge in [-0.3, -0.25) is 24.1 Å². The minimum atomic E-state index is -1.13. The number of amides is 4. The average molecular weight is 399 g/mol. The van der Waals surface area contributed by atoms with Crippen molar-refractivity contribution in [3.63, 3.8) is 0 Å². The predicted octanol–water partition coefficient (Wildman–Crippen LogP) is 2.26. The molecule has 7 heteroatoms. The molecule has 0 bridgehead atoms. The number of fused-ring (bicyclic) bond motifs is 1. The topological polar surface area (TPSA) is 95.6 Å². The maximum absolute atomic E-state index is 12.5. The molecular weight excluding hydrogens is 370 g/mol. The van der Waals surface area contributed by atoms with Gasteiger partial charge in [-0.1, -0.05) is 25.0 Å². The second-order valence-electron chi connectivity index (χ2n) is 8.35. The summed E-state index contributed by atoms with van der Waals surface area (Å²) in [6.45, 7) is 3.97. The highest BCUT2D eigenvalue weighted by Gasteiger charge is 2.37. The van der Waals surface area contributed by atoms with E-state index in [-0.39, 0.29) is 29.7 Å². The maximum Gasteiger partial charge on any atom is 0.261 e. The minimum absolute atomic E-state index is 0.175. The van der Waals surface area contributed by atoms with Gasteiger partial charge in [0.2, 0.25) is 11.8 Å². The lowest BCUT2D eigenvalue weighted by molar-refractivity contribution is -0.141. The van der Waals surface area contributed by atoms with E-state index in [9.17, 15) is 19.2 Å². The summed E-state index contributed by atoms with van der Waals surface area (Å²) in [5.74, 6) is -1.08. The molecule has 4 amide bonds. The molecule has 0 spiro atoms. The predicted molar refractivity (Wildman–Crippen MR) is 108 cm³/mol. The Bertz CT molecular complexity index is 777. The van der Waals surface area contributed by atoms with Crippen LogP contribution in [0.5, 0.6) is 0 Å². The summed E-state index contributed by atoms with van der Waals surface area (Å²) in [5, 5.41) is 5.78. The lowest BCUT2D eigenvalue weighted by Gasteiger charge is -2.25. The molecule has 2 aliphatic rings. The Morgan fingerprint density at radius 1 is 1.00 bits per heavy atom. The van der Waals surface area contributed by atoms with E-state index in [0.29, 0.717) is 37.1 Å². The zero-order valence-electron chi connectivity index (χ0n) is 17.1. The summed E-state index contributed by atoms with van der Waals surface area (Å²) in [6.07, 6.45) is 5.37. The average Bonchev–Trinajstić information content (AvgIpc) is 3.30. The van der Waals surface area contributed by atoms with E-state index in [4.69, 9.17) is 0 Å². The molecule has 1 heterocycles. The van der Waals surface area contributed by atoms with E-state index in [1.165, 1.54) is 4.90 Å². The Labute approximate surface area is 171 Å². The second kappa shape index (κ2) is 8.76. The molecule has 1 aromatic rings. The van der Waals surface area contributed by atoms with Crippen molar-refractivity contribution in [2.45, 2.75) is 58.4 Å². The standard InChI is InChI=1S/C22H29N3O4/c1-22(2,21(29)24-15-9-3-4-10-15)20(28)23-13-7-8-14-25-18(26)16-11-5-6-12-17(16)19(25)27/h5-6,11-12,15H,3-4,7-10,13-14H2,1-2H3,(H,23,28)(H,24,29). The molecule has 1 aromatic carbocycles. The SMILES string of the molecule is CC(C)(C(=O)NCCCCN1C(=O)c2ccccc2C1=O)C(=O)NC1CCCC1. The Morgan fingerprint density at radius 2 is 1.59 bits per heavy atom. The van der Waals surface area contributed by atoms with Crippen LogP contribution in [0.4, 0.5) is 0 Å². The number of carbonyl (C=O) groups is 4. The largest absolute Gasteiger partial charge is 0.355 e. The molecule has 0 aromatic heterocycles. The van der Waals surface area contributed by atoms with Gasteiger partial charge in [0.15, 0.2) is 0 Å². The van der Waals surface area contributed by atoms with Gasteiger partial charge in [0, 0.05) is 19.1 Å². The van der Waals surface area contributed by atoms with Crippen LogP contribution >= 0.6 is 0 Å². The first-order chi connectivity index (χ1) is 13.8. The molecule has 3 rings (SSSR count). The number of unbranched alkanes of at least 4 members (excludes halogenated alkanes) is 1. The van der Waals surface area contributed by atoms with E-state index in [1.807, 2.05) is 0 Å². The van der Waals surface area contributed by atoms with Gasteiger partial charge in [0.05, 0.1) is 11.1 Å². The van der Waals surface area contributed by atoms with Crippen molar-refractivity contribution in [1.82, 2.24) is 15.5 Å². The summed E-state index contributed by atoms with van der Waals surface area (Å²) < 4.78 is 0. The number of rotatable bonds is 8. The van der Waals surface area contributed by atoms with Gasteiger partial charge in [0.25, 0.3) is 11.8 Å². The van der Waals surface area contributed by atoms with Gasteiger partial charge in [-0.2, -0.15) is 0 Å². The second-order valence-corrected chi connectivity index (χ2v) is 8.35. The number of benzene rings is 1. The fourth-order valence-electron chi connectivity index (χ4n) is 3.80. The first-order valence-electron chi connectivity index (χ1n) is 10.4. The van der Waals surface area contributed by atoms with Crippen molar-refractivity contribution in [2.75, 3.05) is 13.1 Å². The Kier molecular flexibility index (Phi) is 6.35. The third-order valence-corrected chi connectivity index (χ3v) is 5.80. The summed E-state index contributed by atoms with van der Waals surface area (Å²) >= 11 is 0. The van der Waals surface area contributed by atoms with Gasteiger partial charge >= 0.3 is 0 Å². The van der Waals surface area contributed by atoms with Gasteiger partial charge in [-0.05, 0) is 51.7 Å². The lowest BCUT2D eigenvalue weighted by Crippen LogP contribution is -2.50. The van der Waals surface area contributed by atoms with Crippen molar-refractivity contribution in [2.24, 2.45) is 5.41 Å². The van der Waals surface area contributed by atoms with Gasteiger partial charge < -0.3 is 10.6 Å². The maximum atomic E-state index is 12.5.